The van der Waals surface area contributed by atoms with E-state index >= 15 is 0 Å². The van der Waals surface area contributed by atoms with Crippen molar-refractivity contribution in [1.29, 1.82) is 0 Å². The maximum Gasteiger partial charge on any atom is 0.206 e. The number of thiazole rings is 1. The minimum absolute atomic E-state index is 0.587. The molecule has 128 valence electrons. The van der Waals surface area contributed by atoms with Gasteiger partial charge in [-0.2, -0.15) is 5.10 Å². The average Bonchev–Trinajstić information content (AvgIpc) is 3.17. The third kappa shape index (κ3) is 4.25. The maximum atomic E-state index is 5.58. The van der Waals surface area contributed by atoms with Crippen LogP contribution in [0, 0.1) is 13.8 Å². The Balaban J connectivity index is 2.06. The Bertz CT molecular complexity index is 971. The predicted molar refractivity (Wildman–Crippen MR) is 104 cm³/mol. The molecule has 3 rings (SSSR count). The second-order valence-electron chi connectivity index (χ2n) is 6.05. The monoisotopic (exact) mass is 351 g/mol. The zero-order chi connectivity index (χ0) is 17.8. The molecule has 0 fully saturated rings. The zero-order valence-corrected chi connectivity index (χ0v) is 15.5. The van der Waals surface area contributed by atoms with Crippen LogP contribution in [0.4, 0.5) is 0 Å². The van der Waals surface area contributed by atoms with Crippen molar-refractivity contribution in [2.75, 3.05) is 6.54 Å². The lowest BCUT2D eigenvalue weighted by molar-refractivity contribution is 0.527. The van der Waals surface area contributed by atoms with Crippen LogP contribution < -0.4 is 4.80 Å². The third-order valence-corrected chi connectivity index (χ3v) is 4.43. The van der Waals surface area contributed by atoms with Crippen LogP contribution in [0.2, 0.25) is 0 Å². The fourth-order valence-corrected chi connectivity index (χ4v) is 3.12. The Morgan fingerprint density at radius 1 is 1.20 bits per heavy atom. The molecule has 0 radical (unpaired) electrons. The van der Waals surface area contributed by atoms with Crippen molar-refractivity contribution in [1.82, 2.24) is 4.68 Å². The van der Waals surface area contributed by atoms with Crippen LogP contribution in [0.1, 0.15) is 24.0 Å². The summed E-state index contributed by atoms with van der Waals surface area (Å²) >= 11 is 1.57. The van der Waals surface area contributed by atoms with E-state index in [1.54, 1.807) is 17.6 Å². The molecule has 0 aliphatic carbocycles. The summed E-state index contributed by atoms with van der Waals surface area (Å²) in [5.41, 5.74) is 4.35. The lowest BCUT2D eigenvalue weighted by atomic mass is 10.1. The molecular weight excluding hydrogens is 330 g/mol. The van der Waals surface area contributed by atoms with E-state index in [9.17, 15) is 0 Å². The van der Waals surface area contributed by atoms with Crippen molar-refractivity contribution in [2.24, 2.45) is 10.1 Å². The third-order valence-electron chi connectivity index (χ3n) is 3.58. The lowest BCUT2D eigenvalue weighted by Crippen LogP contribution is -2.12. The van der Waals surface area contributed by atoms with E-state index in [-0.39, 0.29) is 0 Å². The van der Waals surface area contributed by atoms with Crippen molar-refractivity contribution in [3.8, 4) is 11.3 Å². The number of rotatable bonds is 5. The fourth-order valence-electron chi connectivity index (χ4n) is 2.28. The first-order valence-electron chi connectivity index (χ1n) is 8.06. The normalized spacial score (nSPS) is 12.2. The minimum atomic E-state index is 0.587. The van der Waals surface area contributed by atoms with Crippen molar-refractivity contribution in [2.45, 2.75) is 20.8 Å². The second kappa shape index (κ2) is 7.49. The molecule has 0 bridgehead atoms. The summed E-state index contributed by atoms with van der Waals surface area (Å²) in [5, 5.41) is 6.69. The Hall–Kier alpha value is -2.66. The minimum Gasteiger partial charge on any atom is -0.460 e. The average molecular weight is 351 g/mol. The Morgan fingerprint density at radius 2 is 1.96 bits per heavy atom. The summed E-state index contributed by atoms with van der Waals surface area (Å²) in [4.78, 5) is 5.46. The molecule has 2 heterocycles. The largest absolute Gasteiger partial charge is 0.460 e. The first-order chi connectivity index (χ1) is 12.0. The summed E-state index contributed by atoms with van der Waals surface area (Å²) < 4.78 is 7.43. The molecule has 0 aliphatic heterocycles. The smallest absolute Gasteiger partial charge is 0.206 e. The molecule has 4 nitrogen and oxygen atoms in total. The summed E-state index contributed by atoms with van der Waals surface area (Å²) in [6.07, 6.45) is 1.72. The molecule has 3 aromatic rings. The molecule has 0 aliphatic rings. The van der Waals surface area contributed by atoms with E-state index in [1.807, 2.05) is 30.7 Å². The fraction of sp³-hybridized carbons (Fsp3) is 0.200. The molecule has 5 heteroatoms. The van der Waals surface area contributed by atoms with Gasteiger partial charge in [-0.05, 0) is 32.9 Å². The zero-order valence-electron chi connectivity index (χ0n) is 14.7. The number of hydrogen-bond acceptors (Lipinski definition) is 4. The van der Waals surface area contributed by atoms with Gasteiger partial charge in [0.1, 0.15) is 11.5 Å². The first kappa shape index (κ1) is 17.2. The number of hydrogen-bond donors (Lipinski definition) is 0. The second-order valence-corrected chi connectivity index (χ2v) is 6.88. The van der Waals surface area contributed by atoms with Crippen molar-refractivity contribution < 1.29 is 4.42 Å². The van der Waals surface area contributed by atoms with Gasteiger partial charge in [-0.25, -0.2) is 4.68 Å². The quantitative estimate of drug-likeness (QED) is 0.481. The molecule has 2 aromatic heterocycles. The Morgan fingerprint density at radius 3 is 2.60 bits per heavy atom. The molecule has 0 saturated heterocycles. The maximum absolute atomic E-state index is 5.58. The van der Waals surface area contributed by atoms with E-state index in [2.05, 4.69) is 53.2 Å². The molecule has 0 saturated carbocycles. The van der Waals surface area contributed by atoms with E-state index in [4.69, 9.17) is 4.42 Å². The number of aryl methyl sites for hydroxylation is 2. The van der Waals surface area contributed by atoms with Gasteiger partial charge in [-0.3, -0.25) is 4.99 Å². The van der Waals surface area contributed by atoms with Crippen LogP contribution in [0.5, 0.6) is 0 Å². The van der Waals surface area contributed by atoms with Gasteiger partial charge >= 0.3 is 0 Å². The number of nitrogens with zero attached hydrogens (tertiary/aromatic N) is 3. The highest BCUT2D eigenvalue weighted by atomic mass is 32.1. The van der Waals surface area contributed by atoms with Gasteiger partial charge in [0.05, 0.1) is 18.5 Å². The molecule has 0 spiro atoms. The highest BCUT2D eigenvalue weighted by molar-refractivity contribution is 7.07. The summed E-state index contributed by atoms with van der Waals surface area (Å²) in [6.45, 7) is 10.5. The molecule has 1 aromatic carbocycles. The molecule has 0 atom stereocenters. The van der Waals surface area contributed by atoms with Gasteiger partial charge in [-0.1, -0.05) is 42.0 Å². The topological polar surface area (TPSA) is 42.8 Å². The number of benzene rings is 1. The van der Waals surface area contributed by atoms with Crippen LogP contribution in [-0.4, -0.2) is 17.4 Å². The predicted octanol–water partition coefficient (Wildman–Crippen LogP) is 4.79. The van der Waals surface area contributed by atoms with E-state index in [1.165, 1.54) is 5.56 Å². The van der Waals surface area contributed by atoms with Crippen molar-refractivity contribution in [3.05, 3.63) is 75.8 Å². The van der Waals surface area contributed by atoms with Crippen LogP contribution in [0.3, 0.4) is 0 Å². The highest BCUT2D eigenvalue weighted by Gasteiger charge is 2.07. The summed E-state index contributed by atoms with van der Waals surface area (Å²) in [7, 11) is 0. The summed E-state index contributed by atoms with van der Waals surface area (Å²) in [5.74, 6) is 1.58. The lowest BCUT2D eigenvalue weighted by Gasteiger charge is -2.04. The molecule has 25 heavy (non-hydrogen) atoms. The van der Waals surface area contributed by atoms with Gasteiger partial charge in [0.2, 0.25) is 4.80 Å². The van der Waals surface area contributed by atoms with Gasteiger partial charge in [0.25, 0.3) is 0 Å². The highest BCUT2D eigenvalue weighted by Crippen LogP contribution is 2.20. The van der Waals surface area contributed by atoms with Gasteiger partial charge in [0.15, 0.2) is 0 Å². The number of aromatic nitrogens is 1. The van der Waals surface area contributed by atoms with Crippen molar-refractivity contribution >= 4 is 17.6 Å². The SMILES string of the molecule is C=C(C)CN=c1scc(-c2ccc(C)cc2)n1N=Cc1ccc(C)o1. The van der Waals surface area contributed by atoms with Crippen LogP contribution in [0.15, 0.2) is 68.4 Å². The van der Waals surface area contributed by atoms with Gasteiger partial charge < -0.3 is 4.42 Å². The molecule has 0 N–H and O–H groups in total. The molecule has 0 amide bonds. The van der Waals surface area contributed by atoms with Crippen LogP contribution in [-0.2, 0) is 0 Å². The van der Waals surface area contributed by atoms with Crippen LogP contribution in [0.25, 0.3) is 11.3 Å². The van der Waals surface area contributed by atoms with Gasteiger partial charge in [0, 0.05) is 10.9 Å². The molecule has 0 unspecified atom stereocenters. The van der Waals surface area contributed by atoms with E-state index in [0.717, 1.165) is 33.2 Å². The summed E-state index contributed by atoms with van der Waals surface area (Å²) in [6, 6.07) is 12.2. The molecular formula is C20H21N3OS. The standard InChI is InChI=1S/C20H21N3OS/c1-14(2)11-21-20-23(22-12-18-10-7-16(4)24-18)19(13-25-20)17-8-5-15(3)6-9-17/h5-10,12-13H,1,11H2,2-4H3. The van der Waals surface area contributed by atoms with E-state index < -0.39 is 0 Å². The van der Waals surface area contributed by atoms with Gasteiger partial charge in [-0.15, -0.1) is 11.3 Å². The van der Waals surface area contributed by atoms with E-state index in [0.29, 0.717) is 6.54 Å². The van der Waals surface area contributed by atoms with Crippen LogP contribution >= 0.6 is 11.3 Å². The Kier molecular flexibility index (Phi) is 5.14. The Labute approximate surface area is 151 Å². The van der Waals surface area contributed by atoms with Crippen molar-refractivity contribution in [3.63, 3.8) is 0 Å². The number of furan rings is 1. The first-order valence-corrected chi connectivity index (χ1v) is 8.94.